The molecule has 1 saturated heterocycles. The Bertz CT molecular complexity index is 1530. The lowest BCUT2D eigenvalue weighted by Gasteiger charge is -2.29. The molecule has 5 aromatic rings. The van der Waals surface area contributed by atoms with Crippen LogP contribution >= 0.6 is 0 Å². The van der Waals surface area contributed by atoms with Crippen molar-refractivity contribution in [2.45, 2.75) is 6.42 Å². The molecular weight excluding hydrogens is 445 g/mol. The van der Waals surface area contributed by atoms with Crippen LogP contribution in [0.25, 0.3) is 33.3 Å². The van der Waals surface area contributed by atoms with E-state index in [0.717, 1.165) is 59.5 Å². The molecule has 2 N–H and O–H groups in total. The van der Waals surface area contributed by atoms with E-state index in [9.17, 15) is 4.39 Å². The number of piperazine rings is 1. The van der Waals surface area contributed by atoms with E-state index in [1.165, 1.54) is 6.07 Å². The van der Waals surface area contributed by atoms with E-state index >= 15 is 0 Å². The zero-order valence-corrected chi connectivity index (χ0v) is 19.3. The van der Waals surface area contributed by atoms with Gasteiger partial charge in [0.2, 0.25) is 0 Å². The van der Waals surface area contributed by atoms with E-state index in [4.69, 9.17) is 14.7 Å². The van der Waals surface area contributed by atoms with Crippen molar-refractivity contribution < 1.29 is 9.13 Å². The van der Waals surface area contributed by atoms with Gasteiger partial charge >= 0.3 is 0 Å². The molecule has 1 aromatic carbocycles. The van der Waals surface area contributed by atoms with Gasteiger partial charge in [0.15, 0.2) is 5.82 Å². The number of hydrogen-bond acceptors (Lipinski definition) is 7. The van der Waals surface area contributed by atoms with Crippen molar-refractivity contribution >= 4 is 27.8 Å². The van der Waals surface area contributed by atoms with Crippen LogP contribution in [0.15, 0.2) is 55.0 Å². The van der Waals surface area contributed by atoms with Crippen LogP contribution < -0.4 is 15.0 Å². The van der Waals surface area contributed by atoms with Crippen LogP contribution in [-0.4, -0.2) is 58.2 Å². The average molecular weight is 470 g/mol. The second-order valence-corrected chi connectivity index (χ2v) is 8.53. The highest BCUT2D eigenvalue weighted by Crippen LogP contribution is 2.35. The molecule has 0 atom stereocenters. The molecule has 5 heterocycles. The number of pyridine rings is 2. The van der Waals surface area contributed by atoms with Gasteiger partial charge in [-0.3, -0.25) is 4.98 Å². The molecule has 1 fully saturated rings. The molecular formula is C26H24FN7O. The highest BCUT2D eigenvalue weighted by molar-refractivity contribution is 5.98. The van der Waals surface area contributed by atoms with Crippen LogP contribution in [0.5, 0.6) is 5.75 Å². The molecule has 9 heteroatoms. The predicted molar refractivity (Wildman–Crippen MR) is 133 cm³/mol. The van der Waals surface area contributed by atoms with Crippen molar-refractivity contribution in [1.82, 2.24) is 30.2 Å². The first kappa shape index (κ1) is 21.4. The number of rotatable bonds is 5. The predicted octanol–water partition coefficient (Wildman–Crippen LogP) is 3.72. The Hall–Kier alpha value is -4.11. The summed E-state index contributed by atoms with van der Waals surface area (Å²) in [5, 5.41) is 5.13. The van der Waals surface area contributed by atoms with Crippen LogP contribution in [0, 0.1) is 5.82 Å². The van der Waals surface area contributed by atoms with Gasteiger partial charge in [-0.25, -0.2) is 19.3 Å². The molecule has 0 radical (unpaired) electrons. The van der Waals surface area contributed by atoms with Gasteiger partial charge in [0.1, 0.15) is 23.0 Å². The lowest BCUT2D eigenvalue weighted by molar-refractivity contribution is 0.418. The third kappa shape index (κ3) is 3.93. The number of hydrogen-bond donors (Lipinski definition) is 2. The van der Waals surface area contributed by atoms with Crippen molar-refractivity contribution in [2.75, 3.05) is 38.2 Å². The van der Waals surface area contributed by atoms with Crippen LogP contribution in [0.1, 0.15) is 11.3 Å². The molecule has 0 saturated carbocycles. The third-order valence-electron chi connectivity index (χ3n) is 6.36. The molecule has 0 spiro atoms. The molecule has 176 valence electrons. The largest absolute Gasteiger partial charge is 0.494 e. The Morgan fingerprint density at radius 3 is 2.77 bits per heavy atom. The fourth-order valence-electron chi connectivity index (χ4n) is 4.63. The summed E-state index contributed by atoms with van der Waals surface area (Å²) in [6.07, 6.45) is 5.62. The number of methoxy groups -OCH3 is 1. The first-order valence-corrected chi connectivity index (χ1v) is 11.6. The maximum absolute atomic E-state index is 14.2. The zero-order valence-electron chi connectivity index (χ0n) is 19.3. The summed E-state index contributed by atoms with van der Waals surface area (Å²) in [4.78, 5) is 24.3. The van der Waals surface area contributed by atoms with Gasteiger partial charge in [-0.2, -0.15) is 0 Å². The van der Waals surface area contributed by atoms with Gasteiger partial charge in [0, 0.05) is 55.4 Å². The van der Waals surface area contributed by atoms with Crippen LogP contribution in [-0.2, 0) is 6.42 Å². The molecule has 0 amide bonds. The molecule has 6 rings (SSSR count). The molecule has 1 aliphatic heterocycles. The fourth-order valence-corrected chi connectivity index (χ4v) is 4.63. The average Bonchev–Trinajstić information content (AvgIpc) is 3.32. The Labute approximate surface area is 201 Å². The molecule has 0 unspecified atom stereocenters. The van der Waals surface area contributed by atoms with Gasteiger partial charge in [-0.05, 0) is 23.8 Å². The lowest BCUT2D eigenvalue weighted by atomic mass is 10.1. The standard InChI is InChI=1S/C26H24FN7O/c1-35-22-15-29-14-21-23(22)26(34-10-8-28-9-11-34)33-25(32-21)18-6-7-30-24-19(18)13-17(31-24)12-16-4-2-3-5-20(16)27/h2-7,13-15,28H,8-12H2,1H3,(H,30,31). The zero-order chi connectivity index (χ0) is 23.8. The summed E-state index contributed by atoms with van der Waals surface area (Å²) in [5.41, 5.74) is 3.78. The van der Waals surface area contributed by atoms with Crippen molar-refractivity contribution in [3.05, 3.63) is 72.1 Å². The maximum atomic E-state index is 14.2. The number of halogens is 1. The molecule has 8 nitrogen and oxygen atoms in total. The van der Waals surface area contributed by atoms with Gasteiger partial charge in [-0.15, -0.1) is 0 Å². The van der Waals surface area contributed by atoms with E-state index in [-0.39, 0.29) is 5.82 Å². The van der Waals surface area contributed by atoms with Gasteiger partial charge in [0.05, 0.1) is 30.4 Å². The summed E-state index contributed by atoms with van der Waals surface area (Å²) in [5.74, 6) is 1.85. The van der Waals surface area contributed by atoms with Gasteiger partial charge in [-0.1, -0.05) is 18.2 Å². The van der Waals surface area contributed by atoms with Crippen molar-refractivity contribution in [3.8, 4) is 17.1 Å². The number of aromatic amines is 1. The number of fused-ring (bicyclic) bond motifs is 2. The highest BCUT2D eigenvalue weighted by Gasteiger charge is 2.22. The Morgan fingerprint density at radius 2 is 1.94 bits per heavy atom. The normalized spacial score (nSPS) is 14.1. The van der Waals surface area contributed by atoms with E-state index in [1.54, 1.807) is 37.8 Å². The molecule has 4 aromatic heterocycles. The van der Waals surface area contributed by atoms with Crippen LogP contribution in [0.3, 0.4) is 0 Å². The Morgan fingerprint density at radius 1 is 1.09 bits per heavy atom. The number of anilines is 1. The van der Waals surface area contributed by atoms with Crippen molar-refractivity contribution in [1.29, 1.82) is 0 Å². The Kier molecular flexibility index (Phi) is 5.46. The maximum Gasteiger partial charge on any atom is 0.163 e. The SMILES string of the molecule is COc1cncc2nc(-c3ccnc4[nH]c(Cc5ccccc5F)cc34)nc(N3CCNCC3)c12. The first-order valence-electron chi connectivity index (χ1n) is 11.6. The summed E-state index contributed by atoms with van der Waals surface area (Å²) in [6, 6.07) is 10.7. The topological polar surface area (TPSA) is 91.9 Å². The minimum absolute atomic E-state index is 0.223. The molecule has 35 heavy (non-hydrogen) atoms. The minimum Gasteiger partial charge on any atom is -0.494 e. The lowest BCUT2D eigenvalue weighted by Crippen LogP contribution is -2.44. The molecule has 1 aliphatic rings. The third-order valence-corrected chi connectivity index (χ3v) is 6.36. The smallest absolute Gasteiger partial charge is 0.163 e. The molecule has 0 bridgehead atoms. The van der Waals surface area contributed by atoms with Crippen molar-refractivity contribution in [2.24, 2.45) is 0 Å². The summed E-state index contributed by atoms with van der Waals surface area (Å²) >= 11 is 0. The number of H-pyrrole nitrogens is 1. The summed E-state index contributed by atoms with van der Waals surface area (Å²) < 4.78 is 19.8. The fraction of sp³-hybridized carbons (Fsp3) is 0.231. The van der Waals surface area contributed by atoms with E-state index in [0.29, 0.717) is 29.2 Å². The number of benzene rings is 1. The van der Waals surface area contributed by atoms with Gasteiger partial charge < -0.3 is 19.9 Å². The van der Waals surface area contributed by atoms with Crippen LogP contribution in [0.2, 0.25) is 0 Å². The van der Waals surface area contributed by atoms with E-state index in [2.05, 4.69) is 25.2 Å². The quantitative estimate of drug-likeness (QED) is 0.405. The molecule has 0 aliphatic carbocycles. The van der Waals surface area contributed by atoms with E-state index < -0.39 is 0 Å². The number of aromatic nitrogens is 5. The Balaban J connectivity index is 1.49. The van der Waals surface area contributed by atoms with E-state index in [1.807, 2.05) is 18.2 Å². The summed E-state index contributed by atoms with van der Waals surface area (Å²) in [7, 11) is 1.63. The second-order valence-electron chi connectivity index (χ2n) is 8.53. The number of nitrogens with one attached hydrogen (secondary N) is 2. The number of ether oxygens (including phenoxy) is 1. The van der Waals surface area contributed by atoms with Crippen LogP contribution in [0.4, 0.5) is 10.2 Å². The monoisotopic (exact) mass is 469 g/mol. The highest BCUT2D eigenvalue weighted by atomic mass is 19.1. The van der Waals surface area contributed by atoms with Crippen molar-refractivity contribution in [3.63, 3.8) is 0 Å². The number of nitrogens with zero attached hydrogens (tertiary/aromatic N) is 5. The minimum atomic E-state index is -0.223. The second kappa shape index (κ2) is 8.92. The summed E-state index contributed by atoms with van der Waals surface area (Å²) in [6.45, 7) is 3.43. The van der Waals surface area contributed by atoms with Gasteiger partial charge in [0.25, 0.3) is 0 Å². The first-order chi connectivity index (χ1) is 17.2.